The van der Waals surface area contributed by atoms with Crippen molar-refractivity contribution in [3.8, 4) is 0 Å². The van der Waals surface area contributed by atoms with Crippen LogP contribution in [-0.2, 0) is 6.54 Å². The topological polar surface area (TPSA) is 63.0 Å². The van der Waals surface area contributed by atoms with Crippen LogP contribution >= 0.6 is 23.1 Å². The Morgan fingerprint density at radius 2 is 1.73 bits per heavy atom. The minimum Gasteiger partial charge on any atom is -0.390 e. The predicted molar refractivity (Wildman–Crippen MR) is 110 cm³/mol. The number of para-hydroxylation sites is 2. The third kappa shape index (κ3) is 3.42. The predicted octanol–water partition coefficient (Wildman–Crippen LogP) is 4.23. The van der Waals surface area contributed by atoms with Gasteiger partial charge in [-0.05, 0) is 19.1 Å². The molecular weight excluding hydrogens is 364 g/mol. The molecule has 4 aromatic rings. The molecule has 134 valence electrons. The lowest BCUT2D eigenvalue weighted by molar-refractivity contribution is 0.181. The van der Waals surface area contributed by atoms with Crippen LogP contribution in [0.25, 0.3) is 21.8 Å². The van der Waals surface area contributed by atoms with Crippen LogP contribution in [0, 0.1) is 0 Å². The van der Waals surface area contributed by atoms with Gasteiger partial charge in [0.25, 0.3) is 0 Å². The number of nitrogens with zero attached hydrogens (tertiary/aromatic N) is 3. The number of anilines is 1. The van der Waals surface area contributed by atoms with Gasteiger partial charge in [0.1, 0.15) is 0 Å². The van der Waals surface area contributed by atoms with E-state index in [0.29, 0.717) is 12.3 Å². The Hall–Kier alpha value is -2.09. The number of aliphatic hydroxyl groups is 1. The molecule has 2 heterocycles. The van der Waals surface area contributed by atoms with Gasteiger partial charge >= 0.3 is 0 Å². The molecule has 0 amide bonds. The second-order valence-corrected chi connectivity index (χ2v) is 8.26. The summed E-state index contributed by atoms with van der Waals surface area (Å²) >= 11 is 3.07. The normalized spacial score (nSPS) is 12.7. The molecule has 0 aliphatic heterocycles. The van der Waals surface area contributed by atoms with Crippen molar-refractivity contribution < 1.29 is 5.11 Å². The second kappa shape index (κ2) is 7.65. The lowest BCUT2D eigenvalue weighted by Crippen LogP contribution is -2.18. The third-order valence-corrected chi connectivity index (χ3v) is 6.37. The number of benzene rings is 2. The Morgan fingerprint density at radius 3 is 2.38 bits per heavy atom. The monoisotopic (exact) mass is 384 g/mol. The average molecular weight is 385 g/mol. The van der Waals surface area contributed by atoms with Crippen LogP contribution < -0.4 is 5.32 Å². The van der Waals surface area contributed by atoms with Crippen molar-refractivity contribution in [3.63, 3.8) is 0 Å². The maximum Gasteiger partial charge on any atom is 0.206 e. The quantitative estimate of drug-likeness (QED) is 0.467. The van der Waals surface area contributed by atoms with Gasteiger partial charge in [0.2, 0.25) is 5.13 Å². The molecule has 0 aliphatic rings. The largest absolute Gasteiger partial charge is 0.390 e. The Kier molecular flexibility index (Phi) is 5.10. The van der Waals surface area contributed by atoms with E-state index in [4.69, 9.17) is 0 Å². The molecule has 0 fully saturated rings. The van der Waals surface area contributed by atoms with E-state index in [2.05, 4.69) is 56.5 Å². The first kappa shape index (κ1) is 17.3. The lowest BCUT2D eigenvalue weighted by Gasteiger charge is -2.13. The van der Waals surface area contributed by atoms with Gasteiger partial charge < -0.3 is 15.0 Å². The summed E-state index contributed by atoms with van der Waals surface area (Å²) in [6.45, 7) is 3.42. The number of hydrogen-bond donors (Lipinski definition) is 2. The summed E-state index contributed by atoms with van der Waals surface area (Å²) in [6.07, 6.45) is -0.467. The van der Waals surface area contributed by atoms with Crippen molar-refractivity contribution >= 4 is 50.0 Å². The first-order valence-corrected chi connectivity index (χ1v) is 10.4. The van der Waals surface area contributed by atoms with Crippen LogP contribution in [0.15, 0.2) is 52.9 Å². The van der Waals surface area contributed by atoms with Crippen LogP contribution in [-0.4, -0.2) is 38.3 Å². The Balaban J connectivity index is 1.52. The van der Waals surface area contributed by atoms with Gasteiger partial charge in [-0.25, -0.2) is 0 Å². The maximum atomic E-state index is 10.6. The summed E-state index contributed by atoms with van der Waals surface area (Å²) in [5.41, 5.74) is 2.31. The van der Waals surface area contributed by atoms with Gasteiger partial charge in [0.15, 0.2) is 4.34 Å². The summed E-state index contributed by atoms with van der Waals surface area (Å²) in [6, 6.07) is 16.7. The van der Waals surface area contributed by atoms with Gasteiger partial charge in [0, 0.05) is 34.1 Å². The smallest absolute Gasteiger partial charge is 0.206 e. The Labute approximate surface area is 160 Å². The molecule has 2 N–H and O–H groups in total. The van der Waals surface area contributed by atoms with Crippen molar-refractivity contribution in [2.45, 2.75) is 23.9 Å². The molecule has 4 rings (SSSR count). The lowest BCUT2D eigenvalue weighted by atomic mass is 10.2. The van der Waals surface area contributed by atoms with E-state index >= 15 is 0 Å². The zero-order valence-electron chi connectivity index (χ0n) is 14.4. The second-order valence-electron chi connectivity index (χ2n) is 6.01. The van der Waals surface area contributed by atoms with E-state index in [1.54, 1.807) is 11.8 Å². The number of fused-ring (bicyclic) bond motifs is 3. The molecule has 0 bridgehead atoms. The van der Waals surface area contributed by atoms with Crippen molar-refractivity contribution in [2.75, 3.05) is 17.6 Å². The molecule has 0 radical (unpaired) electrons. The van der Waals surface area contributed by atoms with Crippen LogP contribution in [0.1, 0.15) is 6.92 Å². The molecule has 7 heteroatoms. The van der Waals surface area contributed by atoms with Gasteiger partial charge in [0.05, 0.1) is 12.6 Å². The van der Waals surface area contributed by atoms with E-state index in [-0.39, 0.29) is 0 Å². The van der Waals surface area contributed by atoms with Crippen LogP contribution in [0.3, 0.4) is 0 Å². The van der Waals surface area contributed by atoms with Gasteiger partial charge in [-0.2, -0.15) is 0 Å². The molecule has 2 aromatic heterocycles. The summed E-state index contributed by atoms with van der Waals surface area (Å²) in [5.74, 6) is 0.585. The highest BCUT2D eigenvalue weighted by Crippen LogP contribution is 2.30. The molecule has 0 aliphatic carbocycles. The van der Waals surface area contributed by atoms with Crippen molar-refractivity contribution in [1.29, 1.82) is 0 Å². The maximum absolute atomic E-state index is 10.6. The van der Waals surface area contributed by atoms with Crippen LogP contribution in [0.4, 0.5) is 5.13 Å². The third-order valence-electron chi connectivity index (χ3n) is 4.21. The number of thioether (sulfide) groups is 1. The molecule has 0 saturated carbocycles. The molecule has 0 unspecified atom stereocenters. The highest BCUT2D eigenvalue weighted by molar-refractivity contribution is 8.01. The van der Waals surface area contributed by atoms with Crippen molar-refractivity contribution in [2.24, 2.45) is 0 Å². The number of aromatic nitrogens is 3. The van der Waals surface area contributed by atoms with Crippen LogP contribution in [0.2, 0.25) is 0 Å². The van der Waals surface area contributed by atoms with Gasteiger partial charge in [-0.15, -0.1) is 10.2 Å². The number of hydrogen-bond acceptors (Lipinski definition) is 6. The van der Waals surface area contributed by atoms with E-state index in [0.717, 1.165) is 27.0 Å². The first-order valence-electron chi connectivity index (χ1n) is 8.60. The molecule has 5 nitrogen and oxygen atoms in total. The molecule has 1 atom stereocenters. The minimum absolute atomic E-state index is 0.467. The first-order chi connectivity index (χ1) is 12.8. The zero-order valence-corrected chi connectivity index (χ0v) is 16.1. The molecule has 2 aromatic carbocycles. The van der Waals surface area contributed by atoms with Crippen molar-refractivity contribution in [3.05, 3.63) is 48.5 Å². The van der Waals surface area contributed by atoms with Crippen molar-refractivity contribution in [1.82, 2.24) is 14.8 Å². The SMILES string of the molecule is CCNc1nnc(SC[C@@H](O)Cn2c3ccccc3c3ccccc32)s1. The van der Waals surface area contributed by atoms with E-state index < -0.39 is 6.10 Å². The number of aliphatic hydroxyl groups excluding tert-OH is 1. The van der Waals surface area contributed by atoms with E-state index in [1.165, 1.54) is 22.1 Å². The highest BCUT2D eigenvalue weighted by atomic mass is 32.2. The fourth-order valence-corrected chi connectivity index (χ4v) is 4.88. The average Bonchev–Trinajstić information content (AvgIpc) is 3.24. The summed E-state index contributed by atoms with van der Waals surface area (Å²) in [4.78, 5) is 0. The fourth-order valence-electron chi connectivity index (χ4n) is 3.12. The van der Waals surface area contributed by atoms with Gasteiger partial charge in [-0.1, -0.05) is 59.5 Å². The Bertz CT molecular complexity index is 973. The standard InChI is InChI=1S/C19H20N4OS2/c1-2-20-18-21-22-19(26-18)25-12-13(24)11-23-16-9-5-3-7-14(16)15-8-4-6-10-17(15)23/h3-10,13,24H,2,11-12H2,1H3,(H,20,21)/t13-/m0/s1. The minimum atomic E-state index is -0.467. The van der Waals surface area contributed by atoms with E-state index in [9.17, 15) is 5.11 Å². The summed E-state index contributed by atoms with van der Waals surface area (Å²) in [5, 5.41) is 25.3. The molecule has 26 heavy (non-hydrogen) atoms. The molecule has 0 spiro atoms. The number of nitrogens with one attached hydrogen (secondary N) is 1. The zero-order chi connectivity index (χ0) is 17.9. The molecular formula is C19H20N4OS2. The molecule has 0 saturated heterocycles. The summed E-state index contributed by atoms with van der Waals surface area (Å²) in [7, 11) is 0. The van der Waals surface area contributed by atoms with E-state index in [1.807, 2.05) is 19.1 Å². The Morgan fingerprint density at radius 1 is 1.08 bits per heavy atom. The fraction of sp³-hybridized carbons (Fsp3) is 0.263. The highest BCUT2D eigenvalue weighted by Gasteiger charge is 2.14. The number of rotatable bonds is 7. The van der Waals surface area contributed by atoms with Gasteiger partial charge in [-0.3, -0.25) is 0 Å². The van der Waals surface area contributed by atoms with Crippen LogP contribution in [0.5, 0.6) is 0 Å². The summed E-state index contributed by atoms with van der Waals surface area (Å²) < 4.78 is 3.09.